The third kappa shape index (κ3) is 7.36. The summed E-state index contributed by atoms with van der Waals surface area (Å²) >= 11 is 1.57. The predicted octanol–water partition coefficient (Wildman–Crippen LogP) is 8.13. The summed E-state index contributed by atoms with van der Waals surface area (Å²) in [5.41, 5.74) is 5.59. The molecule has 1 aromatic heterocycles. The van der Waals surface area contributed by atoms with Crippen LogP contribution in [0.1, 0.15) is 42.9 Å². The topological polar surface area (TPSA) is 85.0 Å². The maximum absolute atomic E-state index is 12.8. The number of hydrogen-bond acceptors (Lipinski definition) is 5. The van der Waals surface area contributed by atoms with Crippen molar-refractivity contribution in [2.24, 2.45) is 9.98 Å². The molecule has 2 unspecified atom stereocenters. The molecule has 8 nitrogen and oxygen atoms in total. The van der Waals surface area contributed by atoms with Gasteiger partial charge in [0.1, 0.15) is 12.1 Å². The quantitative estimate of drug-likeness (QED) is 0.202. The van der Waals surface area contributed by atoms with Crippen LogP contribution in [0.5, 0.6) is 5.75 Å². The fraction of sp³-hybridized carbons (Fsp3) is 0.281. The summed E-state index contributed by atoms with van der Waals surface area (Å²) in [6.07, 6.45) is -0.679. The number of halogens is 3. The highest BCUT2D eigenvalue weighted by Crippen LogP contribution is 2.34. The van der Waals surface area contributed by atoms with Gasteiger partial charge < -0.3 is 9.64 Å². The summed E-state index contributed by atoms with van der Waals surface area (Å²) in [4.78, 5) is 27.8. The highest BCUT2D eigenvalue weighted by atomic mass is 32.2. The van der Waals surface area contributed by atoms with Crippen LogP contribution in [0.4, 0.5) is 23.7 Å². The van der Waals surface area contributed by atoms with E-state index in [2.05, 4.69) is 62.6 Å². The molecule has 4 aromatic rings. The van der Waals surface area contributed by atoms with Gasteiger partial charge in [-0.1, -0.05) is 61.2 Å². The van der Waals surface area contributed by atoms with Crippen LogP contribution in [0.2, 0.25) is 0 Å². The molecule has 3 aromatic carbocycles. The maximum atomic E-state index is 12.8. The number of para-hydroxylation sites is 1. The first kappa shape index (κ1) is 31.0. The van der Waals surface area contributed by atoms with E-state index in [9.17, 15) is 18.0 Å². The molecule has 2 amide bonds. The molecule has 0 aliphatic carbocycles. The molecule has 0 spiro atoms. The minimum Gasteiger partial charge on any atom is -0.406 e. The van der Waals surface area contributed by atoms with E-state index in [-0.39, 0.29) is 17.7 Å². The van der Waals surface area contributed by atoms with Gasteiger partial charge >= 0.3 is 12.4 Å². The number of carbonyl (C=O) groups is 1. The van der Waals surface area contributed by atoms with E-state index in [0.717, 1.165) is 40.1 Å². The standard InChI is InChI=1S/C32H31F3N6O2S/c1-20-6-5-7-21(2)28(20)41-23(4)16-17-44-31(41)38-30(42)36-18-22(3)24-8-10-25(11-9-24)29-37-19-40(39-29)26-12-14-27(15-13-26)43-32(33,34)35/h5-15,18-19,22-23H,16-17H2,1-4H3. The molecule has 1 saturated heterocycles. The van der Waals surface area contributed by atoms with E-state index in [0.29, 0.717) is 16.7 Å². The van der Waals surface area contributed by atoms with Gasteiger partial charge in [0.15, 0.2) is 11.0 Å². The number of amides is 2. The molecule has 0 bridgehead atoms. The lowest BCUT2D eigenvalue weighted by Crippen LogP contribution is -2.42. The Morgan fingerprint density at radius 3 is 2.41 bits per heavy atom. The monoisotopic (exact) mass is 620 g/mol. The van der Waals surface area contributed by atoms with Crippen LogP contribution in [0.25, 0.3) is 17.1 Å². The SMILES string of the molecule is Cc1cccc(C)c1N1C(=NC(=O)N=CC(C)c2ccc(-c3ncn(-c4ccc(OC(F)(F)F)cc4)n3)cc2)SCCC1C. The normalized spacial score (nSPS) is 17.3. The zero-order valence-corrected chi connectivity index (χ0v) is 25.4. The van der Waals surface area contributed by atoms with Gasteiger partial charge in [0.05, 0.1) is 5.69 Å². The van der Waals surface area contributed by atoms with Crippen LogP contribution in [-0.4, -0.2) is 50.3 Å². The zero-order valence-electron chi connectivity index (χ0n) is 24.6. The number of aryl methyl sites for hydroxylation is 2. The Kier molecular flexibility index (Phi) is 9.19. The summed E-state index contributed by atoms with van der Waals surface area (Å²) in [7, 11) is 0. The Bertz CT molecular complexity index is 1660. The summed E-state index contributed by atoms with van der Waals surface area (Å²) in [6, 6.07) is 18.7. The van der Waals surface area contributed by atoms with E-state index < -0.39 is 12.4 Å². The van der Waals surface area contributed by atoms with E-state index in [1.807, 2.05) is 37.3 Å². The number of aromatic nitrogens is 3. The highest BCUT2D eigenvalue weighted by molar-refractivity contribution is 8.14. The number of urea groups is 1. The molecule has 44 heavy (non-hydrogen) atoms. The van der Waals surface area contributed by atoms with Crippen molar-refractivity contribution in [2.45, 2.75) is 52.4 Å². The van der Waals surface area contributed by atoms with Crippen molar-refractivity contribution >= 4 is 34.9 Å². The van der Waals surface area contributed by atoms with Crippen molar-refractivity contribution in [3.05, 3.63) is 89.7 Å². The van der Waals surface area contributed by atoms with Gasteiger partial charge in [-0.15, -0.1) is 18.3 Å². The molecule has 2 heterocycles. The number of alkyl halides is 3. The molecule has 0 N–H and O–H groups in total. The number of thioether (sulfide) groups is 1. The Balaban J connectivity index is 1.25. The van der Waals surface area contributed by atoms with Crippen LogP contribution < -0.4 is 9.64 Å². The number of amidine groups is 1. The lowest BCUT2D eigenvalue weighted by atomic mass is 10.0. The first-order chi connectivity index (χ1) is 21.0. The molecule has 228 valence electrons. The van der Waals surface area contributed by atoms with Crippen LogP contribution in [-0.2, 0) is 0 Å². The number of rotatable bonds is 6. The Morgan fingerprint density at radius 2 is 1.75 bits per heavy atom. The number of benzene rings is 3. The average molecular weight is 621 g/mol. The molecular weight excluding hydrogens is 589 g/mol. The van der Waals surface area contributed by atoms with Gasteiger partial charge in [-0.3, -0.25) is 0 Å². The first-order valence-electron chi connectivity index (χ1n) is 14.0. The van der Waals surface area contributed by atoms with Gasteiger partial charge in [-0.05, 0) is 68.1 Å². The number of aliphatic imine (C=N–C) groups is 2. The van der Waals surface area contributed by atoms with Crippen molar-refractivity contribution in [3.8, 4) is 22.8 Å². The molecule has 0 saturated carbocycles. The zero-order chi connectivity index (χ0) is 31.4. The van der Waals surface area contributed by atoms with E-state index >= 15 is 0 Å². The fourth-order valence-corrected chi connectivity index (χ4v) is 6.12. The molecule has 0 radical (unpaired) electrons. The Labute approximate surface area is 257 Å². The van der Waals surface area contributed by atoms with E-state index in [1.54, 1.807) is 18.0 Å². The van der Waals surface area contributed by atoms with Crippen LogP contribution in [0, 0.1) is 13.8 Å². The van der Waals surface area contributed by atoms with Crippen molar-refractivity contribution in [1.82, 2.24) is 14.8 Å². The summed E-state index contributed by atoms with van der Waals surface area (Å²) < 4.78 is 42.6. The van der Waals surface area contributed by atoms with Crippen molar-refractivity contribution in [2.75, 3.05) is 10.7 Å². The molecule has 2 atom stereocenters. The minimum absolute atomic E-state index is 0.149. The van der Waals surface area contributed by atoms with Crippen molar-refractivity contribution in [3.63, 3.8) is 0 Å². The maximum Gasteiger partial charge on any atom is 0.573 e. The molecule has 1 fully saturated rings. The van der Waals surface area contributed by atoms with E-state index in [1.165, 1.54) is 35.3 Å². The first-order valence-corrected chi connectivity index (χ1v) is 15.0. The molecule has 1 aliphatic rings. The minimum atomic E-state index is -4.75. The number of hydrogen-bond donors (Lipinski definition) is 0. The Morgan fingerprint density at radius 1 is 1.07 bits per heavy atom. The third-order valence-electron chi connectivity index (χ3n) is 7.22. The molecule has 1 aliphatic heterocycles. The third-order valence-corrected chi connectivity index (χ3v) is 8.20. The van der Waals surface area contributed by atoms with Gasteiger partial charge in [0.25, 0.3) is 0 Å². The number of nitrogens with zero attached hydrogens (tertiary/aromatic N) is 6. The van der Waals surface area contributed by atoms with Gasteiger partial charge in [-0.2, -0.15) is 4.99 Å². The number of carbonyl (C=O) groups excluding carboxylic acids is 1. The second-order valence-electron chi connectivity index (χ2n) is 10.5. The number of ether oxygens (including phenoxy) is 1. The van der Waals surface area contributed by atoms with Gasteiger partial charge in [0, 0.05) is 35.2 Å². The molecule has 5 rings (SSSR count). The molecular formula is C32H31F3N6O2S. The number of anilines is 1. The van der Waals surface area contributed by atoms with Crippen LogP contribution in [0.15, 0.2) is 83.0 Å². The van der Waals surface area contributed by atoms with E-state index in [4.69, 9.17) is 0 Å². The fourth-order valence-electron chi connectivity index (χ4n) is 4.92. The highest BCUT2D eigenvalue weighted by Gasteiger charge is 2.31. The van der Waals surface area contributed by atoms with Crippen molar-refractivity contribution in [1.29, 1.82) is 0 Å². The summed E-state index contributed by atoms with van der Waals surface area (Å²) in [5, 5.41) is 5.10. The second kappa shape index (κ2) is 13.0. The largest absolute Gasteiger partial charge is 0.573 e. The molecule has 12 heteroatoms. The van der Waals surface area contributed by atoms with Gasteiger partial charge in [0.2, 0.25) is 0 Å². The summed E-state index contributed by atoms with van der Waals surface area (Å²) in [5.74, 6) is 0.874. The van der Waals surface area contributed by atoms with Crippen LogP contribution >= 0.6 is 11.8 Å². The second-order valence-corrected chi connectivity index (χ2v) is 11.6. The lowest BCUT2D eigenvalue weighted by Gasteiger charge is -2.37. The smallest absolute Gasteiger partial charge is 0.406 e. The summed E-state index contributed by atoms with van der Waals surface area (Å²) in [6.45, 7) is 8.23. The van der Waals surface area contributed by atoms with Gasteiger partial charge in [-0.25, -0.2) is 19.5 Å². The predicted molar refractivity (Wildman–Crippen MR) is 168 cm³/mol. The van der Waals surface area contributed by atoms with Crippen molar-refractivity contribution < 1.29 is 22.7 Å². The Hall–Kier alpha value is -4.45. The van der Waals surface area contributed by atoms with Crippen LogP contribution in [0.3, 0.4) is 0 Å². The lowest BCUT2D eigenvalue weighted by molar-refractivity contribution is -0.274. The average Bonchev–Trinajstić information content (AvgIpc) is 3.47.